The molecule has 4 rings (SSSR count). The zero-order chi connectivity index (χ0) is 19.0. The number of benzene rings is 1. The van der Waals surface area contributed by atoms with Crippen LogP contribution >= 0.6 is 0 Å². The Labute approximate surface area is 163 Å². The van der Waals surface area contributed by atoms with Crippen LogP contribution in [0.2, 0.25) is 0 Å². The van der Waals surface area contributed by atoms with E-state index in [1.165, 1.54) is 43.3 Å². The summed E-state index contributed by atoms with van der Waals surface area (Å²) in [6, 6.07) is 7.28. The maximum absolute atomic E-state index is 13.3. The summed E-state index contributed by atoms with van der Waals surface area (Å²) < 4.78 is 2.10. The van der Waals surface area contributed by atoms with Crippen molar-refractivity contribution < 1.29 is 4.79 Å². The van der Waals surface area contributed by atoms with Crippen LogP contribution in [0.15, 0.2) is 18.2 Å². The Bertz CT molecular complexity index is 824. The Morgan fingerprint density at radius 3 is 2.44 bits per heavy atom. The molecule has 4 heteroatoms. The van der Waals surface area contributed by atoms with E-state index in [2.05, 4.69) is 46.4 Å². The normalized spacial score (nSPS) is 19.7. The van der Waals surface area contributed by atoms with Crippen molar-refractivity contribution in [1.82, 2.24) is 14.4 Å². The number of fused-ring (bicyclic) bond motifs is 1. The summed E-state index contributed by atoms with van der Waals surface area (Å²) in [5, 5.41) is 1.23. The summed E-state index contributed by atoms with van der Waals surface area (Å²) in [7, 11) is 2.04. The number of carbonyl (C=O) groups excluding carboxylic acids is 1. The fourth-order valence-corrected chi connectivity index (χ4v) is 5.07. The molecule has 2 aliphatic heterocycles. The maximum atomic E-state index is 13.3. The van der Waals surface area contributed by atoms with Gasteiger partial charge >= 0.3 is 0 Å². The van der Waals surface area contributed by atoms with E-state index in [4.69, 9.17) is 0 Å². The van der Waals surface area contributed by atoms with Crippen molar-refractivity contribution in [1.29, 1.82) is 0 Å². The lowest BCUT2D eigenvalue weighted by molar-refractivity contribution is 0.0581. The summed E-state index contributed by atoms with van der Waals surface area (Å²) in [5.41, 5.74) is 4.49. The molecular formula is C23H33N3O. The number of amides is 1. The van der Waals surface area contributed by atoms with Crippen molar-refractivity contribution >= 4 is 16.8 Å². The minimum Gasteiger partial charge on any atom is -0.339 e. The lowest BCUT2D eigenvalue weighted by Gasteiger charge is -2.40. The smallest absolute Gasteiger partial charge is 0.270 e. The topological polar surface area (TPSA) is 28.5 Å². The van der Waals surface area contributed by atoms with E-state index in [0.29, 0.717) is 6.04 Å². The minimum atomic E-state index is 0.210. The van der Waals surface area contributed by atoms with Crippen molar-refractivity contribution in [2.24, 2.45) is 7.05 Å². The molecule has 0 saturated carbocycles. The molecule has 0 aliphatic carbocycles. The summed E-state index contributed by atoms with van der Waals surface area (Å²) in [6.07, 6.45) is 7.33. The molecule has 3 heterocycles. The highest BCUT2D eigenvalue weighted by atomic mass is 16.2. The third-order valence-corrected chi connectivity index (χ3v) is 6.79. The Morgan fingerprint density at radius 2 is 1.78 bits per heavy atom. The van der Waals surface area contributed by atoms with Gasteiger partial charge in [0.2, 0.25) is 0 Å². The molecule has 1 aromatic carbocycles. The molecule has 4 nitrogen and oxygen atoms in total. The second-order valence-corrected chi connectivity index (χ2v) is 8.36. The predicted octanol–water partition coefficient (Wildman–Crippen LogP) is 4.14. The quantitative estimate of drug-likeness (QED) is 0.816. The van der Waals surface area contributed by atoms with E-state index in [1.807, 2.05) is 7.05 Å². The van der Waals surface area contributed by atoms with E-state index < -0.39 is 0 Å². The molecule has 1 aromatic heterocycles. The first-order chi connectivity index (χ1) is 13.1. The van der Waals surface area contributed by atoms with Crippen LogP contribution in [-0.4, -0.2) is 52.5 Å². The largest absolute Gasteiger partial charge is 0.339 e. The van der Waals surface area contributed by atoms with Gasteiger partial charge in [0.1, 0.15) is 5.69 Å². The number of hydrogen-bond donors (Lipinski definition) is 0. The highest BCUT2D eigenvalue weighted by molar-refractivity contribution is 6.01. The standard InChI is InChI=1S/C23H33N3O/c1-4-18-8-9-21-20(16-18)17(2)22(24(21)3)23(27)26-14-10-19(11-15-26)25-12-6-5-7-13-25/h8-9,16,19H,4-7,10-15H2,1-3H3. The van der Waals surface area contributed by atoms with Gasteiger partial charge in [0.15, 0.2) is 0 Å². The van der Waals surface area contributed by atoms with Crippen molar-refractivity contribution in [2.75, 3.05) is 26.2 Å². The SMILES string of the molecule is CCc1ccc2c(c1)c(C)c(C(=O)N1CCC(N3CCCCC3)CC1)n2C. The fourth-order valence-electron chi connectivity index (χ4n) is 5.07. The van der Waals surface area contributed by atoms with E-state index in [0.717, 1.165) is 49.1 Å². The van der Waals surface area contributed by atoms with E-state index >= 15 is 0 Å². The minimum absolute atomic E-state index is 0.210. The maximum Gasteiger partial charge on any atom is 0.270 e. The second kappa shape index (κ2) is 7.67. The number of carbonyl (C=O) groups is 1. The molecule has 0 N–H and O–H groups in total. The molecule has 2 fully saturated rings. The van der Waals surface area contributed by atoms with Gasteiger partial charge in [-0.1, -0.05) is 19.4 Å². The van der Waals surface area contributed by atoms with E-state index in [1.54, 1.807) is 0 Å². The molecule has 0 atom stereocenters. The number of hydrogen-bond acceptors (Lipinski definition) is 2. The van der Waals surface area contributed by atoms with Crippen LogP contribution in [0.5, 0.6) is 0 Å². The van der Waals surface area contributed by atoms with Crippen molar-refractivity contribution in [3.05, 3.63) is 35.0 Å². The highest BCUT2D eigenvalue weighted by Gasteiger charge is 2.30. The Morgan fingerprint density at radius 1 is 1.07 bits per heavy atom. The molecule has 0 spiro atoms. The van der Waals surface area contributed by atoms with Crippen LogP contribution in [0.25, 0.3) is 10.9 Å². The summed E-state index contributed by atoms with van der Waals surface area (Å²) in [6.45, 7) is 8.57. The number of aryl methyl sites for hydroxylation is 3. The van der Waals surface area contributed by atoms with Gasteiger partial charge in [0.25, 0.3) is 5.91 Å². The van der Waals surface area contributed by atoms with Crippen LogP contribution in [0, 0.1) is 6.92 Å². The average molecular weight is 368 g/mol. The van der Waals surface area contributed by atoms with E-state index in [9.17, 15) is 4.79 Å². The van der Waals surface area contributed by atoms with Crippen molar-refractivity contribution in [3.63, 3.8) is 0 Å². The zero-order valence-electron chi connectivity index (χ0n) is 17.1. The van der Waals surface area contributed by atoms with Gasteiger partial charge in [-0.2, -0.15) is 0 Å². The summed E-state index contributed by atoms with van der Waals surface area (Å²) >= 11 is 0. The summed E-state index contributed by atoms with van der Waals surface area (Å²) in [4.78, 5) is 18.1. The molecule has 0 unspecified atom stereocenters. The van der Waals surface area contributed by atoms with Crippen molar-refractivity contribution in [3.8, 4) is 0 Å². The van der Waals surface area contributed by atoms with Gasteiger partial charge in [-0.05, 0) is 75.4 Å². The van der Waals surface area contributed by atoms with Crippen LogP contribution in [0.1, 0.15) is 60.6 Å². The predicted molar refractivity (Wildman–Crippen MR) is 111 cm³/mol. The van der Waals surface area contributed by atoms with Gasteiger partial charge in [0.05, 0.1) is 0 Å². The number of piperidine rings is 2. The van der Waals surface area contributed by atoms with Crippen LogP contribution in [-0.2, 0) is 13.5 Å². The van der Waals surface area contributed by atoms with Crippen LogP contribution < -0.4 is 0 Å². The number of rotatable bonds is 3. The first-order valence-corrected chi connectivity index (χ1v) is 10.7. The van der Waals surface area contributed by atoms with Gasteiger partial charge in [-0.25, -0.2) is 0 Å². The molecule has 2 saturated heterocycles. The first kappa shape index (κ1) is 18.5. The molecular weight excluding hydrogens is 334 g/mol. The number of likely N-dealkylation sites (tertiary alicyclic amines) is 2. The zero-order valence-corrected chi connectivity index (χ0v) is 17.1. The average Bonchev–Trinajstić information content (AvgIpc) is 2.98. The Balaban J connectivity index is 1.51. The first-order valence-electron chi connectivity index (χ1n) is 10.7. The Hall–Kier alpha value is -1.81. The van der Waals surface area contributed by atoms with Gasteiger partial charge < -0.3 is 14.4 Å². The molecule has 0 bridgehead atoms. The molecule has 146 valence electrons. The number of aromatic nitrogens is 1. The fraction of sp³-hybridized carbons (Fsp3) is 0.609. The molecule has 27 heavy (non-hydrogen) atoms. The lowest BCUT2D eigenvalue weighted by atomic mass is 9.99. The van der Waals surface area contributed by atoms with Crippen LogP contribution in [0.4, 0.5) is 0 Å². The molecule has 1 amide bonds. The molecule has 0 radical (unpaired) electrons. The highest BCUT2D eigenvalue weighted by Crippen LogP contribution is 2.28. The third kappa shape index (κ3) is 3.40. The van der Waals surface area contributed by atoms with Gasteiger partial charge in [0, 0.05) is 37.1 Å². The third-order valence-electron chi connectivity index (χ3n) is 6.79. The number of nitrogens with zero attached hydrogens (tertiary/aromatic N) is 3. The Kier molecular flexibility index (Phi) is 5.27. The summed E-state index contributed by atoms with van der Waals surface area (Å²) in [5.74, 6) is 0.210. The van der Waals surface area contributed by atoms with Crippen molar-refractivity contribution in [2.45, 2.75) is 58.4 Å². The van der Waals surface area contributed by atoms with E-state index in [-0.39, 0.29) is 5.91 Å². The second-order valence-electron chi connectivity index (χ2n) is 8.36. The molecule has 2 aromatic rings. The molecule has 2 aliphatic rings. The van der Waals surface area contributed by atoms with Crippen LogP contribution in [0.3, 0.4) is 0 Å². The van der Waals surface area contributed by atoms with Gasteiger partial charge in [-0.15, -0.1) is 0 Å². The monoisotopic (exact) mass is 367 g/mol. The lowest BCUT2D eigenvalue weighted by Crippen LogP contribution is -2.48. The van der Waals surface area contributed by atoms with Gasteiger partial charge in [-0.3, -0.25) is 4.79 Å².